The molecule has 1 atom stereocenters. The van der Waals surface area contributed by atoms with Gasteiger partial charge < -0.3 is 19.9 Å². The lowest BCUT2D eigenvalue weighted by Gasteiger charge is -2.32. The zero-order valence-corrected chi connectivity index (χ0v) is 22.6. The van der Waals surface area contributed by atoms with Gasteiger partial charge in [-0.1, -0.05) is 30.3 Å². The Labute approximate surface area is 213 Å². The second kappa shape index (κ2) is 15.9. The van der Waals surface area contributed by atoms with Crippen molar-refractivity contribution >= 4 is 29.9 Å². The molecule has 6 heteroatoms. The topological polar surface area (TPSA) is 40.1 Å². The zero-order chi connectivity index (χ0) is 21.7. The van der Waals surface area contributed by atoms with Crippen LogP contribution >= 0.6 is 24.0 Å². The number of aliphatic imine (C=N–C) groups is 1. The fourth-order valence-electron chi connectivity index (χ4n) is 4.87. The lowest BCUT2D eigenvalue weighted by molar-refractivity contribution is 0.114. The number of unbranched alkanes of at least 4 members (excludes halogenated alkanes) is 1. The second-order valence-corrected chi connectivity index (χ2v) is 9.18. The van der Waals surface area contributed by atoms with Crippen molar-refractivity contribution in [2.24, 2.45) is 16.8 Å². The Hall–Kier alpha value is -0.860. The van der Waals surface area contributed by atoms with Gasteiger partial charge in [0.15, 0.2) is 5.96 Å². The van der Waals surface area contributed by atoms with Crippen LogP contribution in [0.25, 0.3) is 0 Å². The lowest BCUT2D eigenvalue weighted by atomic mass is 9.90. The fraction of sp³-hybridized carbons (Fsp3) is 0.731. The van der Waals surface area contributed by atoms with Crippen molar-refractivity contribution in [1.82, 2.24) is 15.1 Å². The first-order valence-electron chi connectivity index (χ1n) is 12.7. The van der Waals surface area contributed by atoms with Crippen LogP contribution in [0.1, 0.15) is 51.5 Å². The Morgan fingerprint density at radius 2 is 1.78 bits per heavy atom. The molecule has 1 N–H and O–H groups in total. The zero-order valence-electron chi connectivity index (χ0n) is 20.3. The van der Waals surface area contributed by atoms with Gasteiger partial charge in [-0.2, -0.15) is 0 Å². The van der Waals surface area contributed by atoms with E-state index < -0.39 is 0 Å². The van der Waals surface area contributed by atoms with E-state index in [2.05, 4.69) is 59.3 Å². The molecule has 2 heterocycles. The van der Waals surface area contributed by atoms with E-state index in [9.17, 15) is 0 Å². The number of nitrogens with zero attached hydrogens (tertiary/aromatic N) is 3. The highest BCUT2D eigenvalue weighted by molar-refractivity contribution is 14.0. The first-order chi connectivity index (χ1) is 15.3. The van der Waals surface area contributed by atoms with Crippen LogP contribution in [-0.2, 0) is 11.2 Å². The highest BCUT2D eigenvalue weighted by Crippen LogP contribution is 2.22. The Kier molecular flexibility index (Phi) is 13.6. The molecule has 2 saturated heterocycles. The molecule has 5 nitrogen and oxygen atoms in total. The molecule has 0 bridgehead atoms. The minimum atomic E-state index is 0. The normalized spacial score (nSPS) is 20.4. The van der Waals surface area contributed by atoms with Crippen LogP contribution in [0.2, 0.25) is 0 Å². The minimum absolute atomic E-state index is 0. The number of rotatable bonds is 11. The van der Waals surface area contributed by atoms with Gasteiger partial charge in [0.1, 0.15) is 0 Å². The summed E-state index contributed by atoms with van der Waals surface area (Å²) in [5.74, 6) is 2.61. The van der Waals surface area contributed by atoms with E-state index in [-0.39, 0.29) is 24.0 Å². The third kappa shape index (κ3) is 9.56. The van der Waals surface area contributed by atoms with Crippen LogP contribution in [0.5, 0.6) is 0 Å². The van der Waals surface area contributed by atoms with Crippen LogP contribution in [0.3, 0.4) is 0 Å². The van der Waals surface area contributed by atoms with Crippen molar-refractivity contribution in [2.45, 2.75) is 52.4 Å². The highest BCUT2D eigenvalue weighted by atomic mass is 127. The van der Waals surface area contributed by atoms with Crippen LogP contribution in [0, 0.1) is 11.8 Å². The number of piperidine rings is 1. The summed E-state index contributed by atoms with van der Waals surface area (Å²) in [5.41, 5.74) is 1.50. The number of nitrogens with one attached hydrogen (secondary N) is 1. The summed E-state index contributed by atoms with van der Waals surface area (Å²) >= 11 is 0. The monoisotopic (exact) mass is 556 g/mol. The number of benzene rings is 1. The lowest BCUT2D eigenvalue weighted by Crippen LogP contribution is -2.40. The van der Waals surface area contributed by atoms with Crippen LogP contribution < -0.4 is 5.32 Å². The summed E-state index contributed by atoms with van der Waals surface area (Å²) in [6, 6.07) is 11.0. The van der Waals surface area contributed by atoms with Gasteiger partial charge in [-0.3, -0.25) is 4.99 Å². The van der Waals surface area contributed by atoms with Crippen LogP contribution in [0.4, 0.5) is 0 Å². The molecule has 32 heavy (non-hydrogen) atoms. The van der Waals surface area contributed by atoms with E-state index in [4.69, 9.17) is 9.73 Å². The van der Waals surface area contributed by atoms with E-state index in [0.29, 0.717) is 5.92 Å². The van der Waals surface area contributed by atoms with Gasteiger partial charge in [0.05, 0.1) is 6.61 Å². The van der Waals surface area contributed by atoms with E-state index in [0.717, 1.165) is 51.3 Å². The van der Waals surface area contributed by atoms with Crippen molar-refractivity contribution in [2.75, 3.05) is 59.0 Å². The molecular weight excluding hydrogens is 511 g/mol. The number of likely N-dealkylation sites (tertiary alicyclic amines) is 2. The maximum atomic E-state index is 5.62. The predicted molar refractivity (Wildman–Crippen MR) is 146 cm³/mol. The van der Waals surface area contributed by atoms with Gasteiger partial charge in [0, 0.05) is 38.7 Å². The number of halogens is 1. The standard InChI is InChI=1S/C26H44N4O.HI/c1-3-27-26(30-19-14-25(21-30)22-31-4-2)28-15-8-9-16-29-17-12-24(13-18-29)20-23-10-6-5-7-11-23;/h5-7,10-11,24-25H,3-4,8-9,12-22H2,1-2H3,(H,27,28);1H. The summed E-state index contributed by atoms with van der Waals surface area (Å²) in [6.45, 7) is 13.7. The molecule has 3 rings (SSSR count). The predicted octanol–water partition coefficient (Wildman–Crippen LogP) is 4.66. The average molecular weight is 557 g/mol. The Bertz CT molecular complexity index is 634. The Balaban J connectivity index is 0.00000363. The van der Waals surface area contributed by atoms with Gasteiger partial charge in [-0.05, 0) is 83.5 Å². The smallest absolute Gasteiger partial charge is 0.193 e. The van der Waals surface area contributed by atoms with Crippen molar-refractivity contribution in [1.29, 1.82) is 0 Å². The van der Waals surface area contributed by atoms with Crippen molar-refractivity contribution in [3.05, 3.63) is 35.9 Å². The average Bonchev–Trinajstić information content (AvgIpc) is 3.27. The molecule has 2 aliphatic heterocycles. The van der Waals surface area contributed by atoms with Gasteiger partial charge in [0.25, 0.3) is 0 Å². The molecule has 0 amide bonds. The van der Waals surface area contributed by atoms with Crippen molar-refractivity contribution < 1.29 is 4.74 Å². The number of hydrogen-bond donors (Lipinski definition) is 1. The van der Waals surface area contributed by atoms with Crippen molar-refractivity contribution in [3.63, 3.8) is 0 Å². The molecule has 0 spiro atoms. The highest BCUT2D eigenvalue weighted by Gasteiger charge is 2.24. The first-order valence-corrected chi connectivity index (χ1v) is 12.7. The molecule has 1 aromatic rings. The minimum Gasteiger partial charge on any atom is -0.381 e. The molecule has 182 valence electrons. The van der Waals surface area contributed by atoms with Crippen LogP contribution in [-0.4, -0.2) is 74.8 Å². The van der Waals surface area contributed by atoms with Crippen LogP contribution in [0.15, 0.2) is 35.3 Å². The number of guanidine groups is 1. The van der Waals surface area contributed by atoms with E-state index in [1.54, 1.807) is 0 Å². The summed E-state index contributed by atoms with van der Waals surface area (Å²) in [5, 5.41) is 3.49. The summed E-state index contributed by atoms with van der Waals surface area (Å²) in [6.07, 6.45) is 7.57. The molecule has 0 saturated carbocycles. The second-order valence-electron chi connectivity index (χ2n) is 9.18. The summed E-state index contributed by atoms with van der Waals surface area (Å²) < 4.78 is 5.62. The molecule has 0 radical (unpaired) electrons. The van der Waals surface area contributed by atoms with Gasteiger partial charge in [-0.25, -0.2) is 0 Å². The van der Waals surface area contributed by atoms with E-state index in [1.807, 2.05) is 0 Å². The molecule has 2 aliphatic rings. The third-order valence-electron chi connectivity index (χ3n) is 6.70. The Morgan fingerprint density at radius 3 is 2.50 bits per heavy atom. The number of hydrogen-bond acceptors (Lipinski definition) is 3. The molecular formula is C26H45IN4O. The first kappa shape index (κ1) is 27.4. The Morgan fingerprint density at radius 1 is 1.03 bits per heavy atom. The molecule has 1 aromatic carbocycles. The maximum absolute atomic E-state index is 5.62. The van der Waals surface area contributed by atoms with Gasteiger partial charge >= 0.3 is 0 Å². The summed E-state index contributed by atoms with van der Waals surface area (Å²) in [4.78, 5) is 10.0. The van der Waals surface area contributed by atoms with Crippen molar-refractivity contribution in [3.8, 4) is 0 Å². The molecule has 2 fully saturated rings. The largest absolute Gasteiger partial charge is 0.381 e. The molecule has 0 aromatic heterocycles. The van der Waals surface area contributed by atoms with E-state index in [1.165, 1.54) is 63.7 Å². The number of ether oxygens (including phenoxy) is 1. The van der Waals surface area contributed by atoms with E-state index >= 15 is 0 Å². The van der Waals surface area contributed by atoms with Gasteiger partial charge in [0.2, 0.25) is 0 Å². The SMILES string of the molecule is CCNC(=NCCCCN1CCC(Cc2ccccc2)CC1)N1CCC(COCC)C1.I. The maximum Gasteiger partial charge on any atom is 0.193 e. The molecule has 1 unspecified atom stereocenters. The molecule has 0 aliphatic carbocycles. The quantitative estimate of drug-likeness (QED) is 0.186. The van der Waals surface area contributed by atoms with Gasteiger partial charge in [-0.15, -0.1) is 24.0 Å². The summed E-state index contributed by atoms with van der Waals surface area (Å²) in [7, 11) is 0. The fourth-order valence-corrected chi connectivity index (χ4v) is 4.87. The third-order valence-corrected chi connectivity index (χ3v) is 6.70.